The largest absolute Gasteiger partial charge is 0.325 e. The van der Waals surface area contributed by atoms with Gasteiger partial charge >= 0.3 is 0 Å². The van der Waals surface area contributed by atoms with Crippen LogP contribution in [0.1, 0.15) is 22.6 Å². The highest BCUT2D eigenvalue weighted by Crippen LogP contribution is 2.38. The van der Waals surface area contributed by atoms with Gasteiger partial charge in [-0.1, -0.05) is 30.3 Å². The number of anilines is 1. The molecule has 0 aromatic heterocycles. The van der Waals surface area contributed by atoms with Crippen molar-refractivity contribution in [3.63, 3.8) is 0 Å². The van der Waals surface area contributed by atoms with Crippen LogP contribution in [0.3, 0.4) is 0 Å². The van der Waals surface area contributed by atoms with Crippen LogP contribution in [-0.4, -0.2) is 16.5 Å². The maximum Gasteiger partial charge on any atom is 0.269 e. The second-order valence-corrected chi connectivity index (χ2v) is 6.47. The number of rotatable bonds is 4. The Morgan fingerprint density at radius 1 is 1.07 bits per heavy atom. The number of aliphatic imine (C=N–C) groups is 1. The van der Waals surface area contributed by atoms with Crippen molar-refractivity contribution in [3.8, 4) is 6.07 Å². The van der Waals surface area contributed by atoms with Crippen LogP contribution in [0.4, 0.5) is 17.1 Å². The van der Waals surface area contributed by atoms with Gasteiger partial charge in [0.1, 0.15) is 5.92 Å². The van der Waals surface area contributed by atoms with Gasteiger partial charge in [0, 0.05) is 23.4 Å². The minimum Gasteiger partial charge on any atom is -0.325 e. The topological polar surface area (TPSA) is 108 Å². The van der Waals surface area contributed by atoms with E-state index in [1.165, 1.54) is 18.2 Å². The third-order valence-electron chi connectivity index (χ3n) is 4.67. The molecule has 3 aromatic carbocycles. The normalized spacial score (nSPS) is 15.3. The molecule has 3 aromatic rings. The molecule has 0 saturated heterocycles. The minimum absolute atomic E-state index is 0.0870. The van der Waals surface area contributed by atoms with Gasteiger partial charge in [-0.15, -0.1) is 0 Å². The molecule has 1 aliphatic rings. The van der Waals surface area contributed by atoms with E-state index < -0.39 is 10.8 Å². The number of hydrogen-bond acceptors (Lipinski definition) is 5. The van der Waals surface area contributed by atoms with E-state index in [4.69, 9.17) is 5.26 Å². The van der Waals surface area contributed by atoms with Crippen molar-refractivity contribution in [1.82, 2.24) is 0 Å². The maximum atomic E-state index is 12.8. The second kappa shape index (κ2) is 7.37. The van der Waals surface area contributed by atoms with E-state index >= 15 is 0 Å². The molecule has 29 heavy (non-hydrogen) atoms. The van der Waals surface area contributed by atoms with Crippen LogP contribution < -0.4 is 5.32 Å². The van der Waals surface area contributed by atoms with Gasteiger partial charge in [0.15, 0.2) is 0 Å². The third-order valence-corrected chi connectivity index (χ3v) is 4.67. The van der Waals surface area contributed by atoms with Crippen LogP contribution >= 0.6 is 0 Å². The standard InChI is InChI=1S/C22H14N4O3/c23-13-14-6-8-16(9-7-14)24-21(15-4-2-1-3-5-15)20-18-12-17(26(28)29)10-11-19(18)25-22(20)27/h1-12,20H,(H,25,27). The molecule has 0 radical (unpaired) electrons. The lowest BCUT2D eigenvalue weighted by Crippen LogP contribution is -2.22. The van der Waals surface area contributed by atoms with Crippen LogP contribution in [0.5, 0.6) is 0 Å². The summed E-state index contributed by atoms with van der Waals surface area (Å²) >= 11 is 0. The Bertz CT molecular complexity index is 1180. The van der Waals surface area contributed by atoms with Gasteiger partial charge in [0.2, 0.25) is 5.91 Å². The number of nitriles is 1. The van der Waals surface area contributed by atoms with Crippen LogP contribution in [-0.2, 0) is 4.79 Å². The van der Waals surface area contributed by atoms with Crippen LogP contribution in [0.25, 0.3) is 0 Å². The summed E-state index contributed by atoms with van der Waals surface area (Å²) in [6.07, 6.45) is 0. The molecule has 1 atom stereocenters. The first-order chi connectivity index (χ1) is 14.1. The lowest BCUT2D eigenvalue weighted by Gasteiger charge is -2.14. The van der Waals surface area contributed by atoms with Crippen LogP contribution in [0.15, 0.2) is 77.8 Å². The molecule has 0 saturated carbocycles. The summed E-state index contributed by atoms with van der Waals surface area (Å²) in [5.41, 5.74) is 3.26. The average molecular weight is 382 g/mol. The number of nitrogens with zero attached hydrogens (tertiary/aromatic N) is 3. The Morgan fingerprint density at radius 3 is 2.45 bits per heavy atom. The average Bonchev–Trinajstić information content (AvgIpc) is 3.07. The number of nitro groups is 1. The van der Waals surface area contributed by atoms with Gasteiger partial charge in [0.05, 0.1) is 28.0 Å². The summed E-state index contributed by atoms with van der Waals surface area (Å²) in [5, 5.41) is 23.0. The van der Waals surface area contributed by atoms with E-state index in [2.05, 4.69) is 16.4 Å². The fourth-order valence-electron chi connectivity index (χ4n) is 3.29. The smallest absolute Gasteiger partial charge is 0.269 e. The van der Waals surface area contributed by atoms with Gasteiger partial charge in [-0.3, -0.25) is 19.9 Å². The molecule has 7 heteroatoms. The van der Waals surface area contributed by atoms with E-state index in [0.29, 0.717) is 28.2 Å². The van der Waals surface area contributed by atoms with Gasteiger partial charge in [-0.05, 0) is 35.9 Å². The molecule has 1 aliphatic heterocycles. The number of carbonyl (C=O) groups is 1. The predicted molar refractivity (Wildman–Crippen MR) is 108 cm³/mol. The first-order valence-electron chi connectivity index (χ1n) is 8.80. The molecule has 1 heterocycles. The van der Waals surface area contributed by atoms with Gasteiger partial charge < -0.3 is 5.32 Å². The zero-order valence-corrected chi connectivity index (χ0v) is 15.1. The van der Waals surface area contributed by atoms with Crippen molar-refractivity contribution in [3.05, 3.63) is 99.6 Å². The lowest BCUT2D eigenvalue weighted by molar-refractivity contribution is -0.384. The molecule has 1 amide bonds. The summed E-state index contributed by atoms with van der Waals surface area (Å²) in [7, 11) is 0. The molecule has 4 rings (SSSR count). The number of amides is 1. The Hall–Kier alpha value is -4.31. The highest BCUT2D eigenvalue weighted by molar-refractivity contribution is 6.24. The molecule has 0 spiro atoms. The fraction of sp³-hybridized carbons (Fsp3) is 0.0455. The molecule has 1 N–H and O–H groups in total. The molecule has 0 fully saturated rings. The van der Waals surface area contributed by atoms with Crippen molar-refractivity contribution < 1.29 is 9.72 Å². The highest BCUT2D eigenvalue weighted by Gasteiger charge is 2.36. The number of nitrogens with one attached hydrogen (secondary N) is 1. The van der Waals surface area contributed by atoms with Crippen molar-refractivity contribution in [2.24, 2.45) is 4.99 Å². The number of hydrogen-bond donors (Lipinski definition) is 1. The van der Waals surface area contributed by atoms with E-state index in [-0.39, 0.29) is 11.6 Å². The Balaban J connectivity index is 1.88. The SMILES string of the molecule is N#Cc1ccc(N=C(c2ccccc2)C2C(=O)Nc3ccc([N+](=O)[O-])cc32)cc1. The van der Waals surface area contributed by atoms with E-state index in [1.807, 2.05) is 30.3 Å². The van der Waals surface area contributed by atoms with Gasteiger partial charge in [0.25, 0.3) is 5.69 Å². The highest BCUT2D eigenvalue weighted by atomic mass is 16.6. The molecule has 0 bridgehead atoms. The van der Waals surface area contributed by atoms with Crippen molar-refractivity contribution >= 4 is 28.7 Å². The summed E-state index contributed by atoms with van der Waals surface area (Å²) in [4.78, 5) is 28.2. The minimum atomic E-state index is -0.789. The Kier molecular flexibility index (Phi) is 4.59. The zero-order chi connectivity index (χ0) is 20.4. The molecule has 1 unspecified atom stereocenters. The summed E-state index contributed by atoms with van der Waals surface area (Å²) < 4.78 is 0. The first kappa shape index (κ1) is 18.1. The van der Waals surface area contributed by atoms with Gasteiger partial charge in [-0.25, -0.2) is 0 Å². The Morgan fingerprint density at radius 2 is 1.79 bits per heavy atom. The number of benzene rings is 3. The van der Waals surface area contributed by atoms with Crippen LogP contribution in [0.2, 0.25) is 0 Å². The van der Waals surface area contributed by atoms with E-state index in [0.717, 1.165) is 5.56 Å². The molecule has 140 valence electrons. The third kappa shape index (κ3) is 3.47. The number of fused-ring (bicyclic) bond motifs is 1. The summed E-state index contributed by atoms with van der Waals surface area (Å²) in [6, 6.07) is 22.3. The molecule has 7 nitrogen and oxygen atoms in total. The molecular formula is C22H14N4O3. The number of non-ortho nitro benzene ring substituents is 1. The molecular weight excluding hydrogens is 368 g/mol. The van der Waals surface area contributed by atoms with E-state index in [1.54, 1.807) is 24.3 Å². The van der Waals surface area contributed by atoms with Crippen molar-refractivity contribution in [2.75, 3.05) is 5.32 Å². The van der Waals surface area contributed by atoms with Gasteiger partial charge in [-0.2, -0.15) is 5.26 Å². The second-order valence-electron chi connectivity index (χ2n) is 6.47. The predicted octanol–water partition coefficient (Wildman–Crippen LogP) is 4.32. The quantitative estimate of drug-likeness (QED) is 0.412. The maximum absolute atomic E-state index is 12.8. The van der Waals surface area contributed by atoms with E-state index in [9.17, 15) is 14.9 Å². The number of nitro benzene ring substituents is 1. The fourth-order valence-corrected chi connectivity index (χ4v) is 3.29. The molecule has 0 aliphatic carbocycles. The lowest BCUT2D eigenvalue weighted by atomic mass is 9.90. The first-order valence-corrected chi connectivity index (χ1v) is 8.80. The summed E-state index contributed by atoms with van der Waals surface area (Å²) in [6.45, 7) is 0. The monoisotopic (exact) mass is 382 g/mol. The van der Waals surface area contributed by atoms with Crippen molar-refractivity contribution in [1.29, 1.82) is 5.26 Å². The summed E-state index contributed by atoms with van der Waals surface area (Å²) in [5.74, 6) is -1.08. The van der Waals surface area contributed by atoms with Crippen LogP contribution in [0, 0.1) is 21.4 Å². The van der Waals surface area contributed by atoms with Crippen molar-refractivity contribution in [2.45, 2.75) is 5.92 Å². The zero-order valence-electron chi connectivity index (χ0n) is 15.1. The Labute approximate surface area is 166 Å². The number of carbonyl (C=O) groups excluding carboxylic acids is 1.